The van der Waals surface area contributed by atoms with Gasteiger partial charge in [0.1, 0.15) is 17.7 Å². The predicted octanol–water partition coefficient (Wildman–Crippen LogP) is 6.31. The fourth-order valence-electron chi connectivity index (χ4n) is 4.02. The van der Waals surface area contributed by atoms with Gasteiger partial charge in [-0.2, -0.15) is 0 Å². The third kappa shape index (κ3) is 4.17. The number of hydrogen-bond donors (Lipinski definition) is 0. The van der Waals surface area contributed by atoms with Gasteiger partial charge in [-0.05, 0) is 40.1 Å². The molecule has 1 unspecified atom stereocenters. The van der Waals surface area contributed by atoms with Crippen LogP contribution in [-0.2, 0) is 6.61 Å². The summed E-state index contributed by atoms with van der Waals surface area (Å²) in [5.41, 5.74) is 3.00. The molecule has 0 N–H and O–H groups in total. The molecule has 1 amide bonds. The minimum Gasteiger partial charge on any atom is -0.489 e. The first-order chi connectivity index (χ1) is 15.3. The van der Waals surface area contributed by atoms with Crippen molar-refractivity contribution in [3.05, 3.63) is 114 Å². The summed E-state index contributed by atoms with van der Waals surface area (Å²) in [5.74, 6) is 1.84. The molecule has 5 rings (SSSR count). The van der Waals surface area contributed by atoms with Gasteiger partial charge in [-0.1, -0.05) is 78.9 Å². The molecular weight excluding hydrogens is 402 g/mol. The first-order valence-corrected chi connectivity index (χ1v) is 11.5. The summed E-state index contributed by atoms with van der Waals surface area (Å²) in [6.45, 7) is 1.27. The number of amides is 1. The summed E-state index contributed by atoms with van der Waals surface area (Å²) in [4.78, 5) is 15.5. The zero-order valence-electron chi connectivity index (χ0n) is 17.1. The Balaban J connectivity index is 1.38. The molecule has 1 fully saturated rings. The molecule has 154 valence electrons. The maximum atomic E-state index is 13.5. The van der Waals surface area contributed by atoms with Crippen molar-refractivity contribution in [1.29, 1.82) is 0 Å². The van der Waals surface area contributed by atoms with Crippen molar-refractivity contribution in [2.45, 2.75) is 12.0 Å². The molecule has 1 heterocycles. The summed E-state index contributed by atoms with van der Waals surface area (Å²) in [5, 5.41) is 2.09. The minimum atomic E-state index is -0.00764. The second-order valence-electron chi connectivity index (χ2n) is 7.60. The van der Waals surface area contributed by atoms with E-state index in [9.17, 15) is 4.79 Å². The predicted molar refractivity (Wildman–Crippen MR) is 127 cm³/mol. The highest BCUT2D eigenvalue weighted by Crippen LogP contribution is 2.40. The van der Waals surface area contributed by atoms with Crippen LogP contribution in [0.4, 0.5) is 0 Å². The summed E-state index contributed by atoms with van der Waals surface area (Å²) < 4.78 is 6.02. The van der Waals surface area contributed by atoms with Gasteiger partial charge in [0.05, 0.1) is 0 Å². The smallest absolute Gasteiger partial charge is 0.255 e. The van der Waals surface area contributed by atoms with Gasteiger partial charge in [0.15, 0.2) is 0 Å². The van der Waals surface area contributed by atoms with E-state index in [4.69, 9.17) is 4.74 Å². The van der Waals surface area contributed by atoms with Gasteiger partial charge in [0.25, 0.3) is 5.91 Å². The van der Waals surface area contributed by atoms with Gasteiger partial charge in [0, 0.05) is 17.9 Å². The summed E-state index contributed by atoms with van der Waals surface area (Å²) in [6.07, 6.45) is 0. The Labute approximate surface area is 186 Å². The quantitative estimate of drug-likeness (QED) is 0.375. The summed E-state index contributed by atoms with van der Waals surface area (Å²) in [6, 6.07) is 32.3. The van der Waals surface area contributed by atoms with Crippen molar-refractivity contribution in [3.63, 3.8) is 0 Å². The van der Waals surface area contributed by atoms with Crippen LogP contribution in [0.15, 0.2) is 97.1 Å². The van der Waals surface area contributed by atoms with Crippen LogP contribution < -0.4 is 4.74 Å². The molecule has 0 aliphatic carbocycles. The highest BCUT2D eigenvalue weighted by Gasteiger charge is 2.32. The highest BCUT2D eigenvalue weighted by molar-refractivity contribution is 7.99. The number of fused-ring (bicyclic) bond motifs is 1. The van der Waals surface area contributed by atoms with Crippen molar-refractivity contribution >= 4 is 28.4 Å². The molecule has 0 radical (unpaired) electrons. The van der Waals surface area contributed by atoms with E-state index in [1.807, 2.05) is 65.6 Å². The van der Waals surface area contributed by atoms with Crippen LogP contribution >= 0.6 is 11.8 Å². The molecule has 1 saturated heterocycles. The molecular formula is C27H23NO2S. The van der Waals surface area contributed by atoms with Gasteiger partial charge < -0.3 is 9.64 Å². The number of ether oxygens (including phenoxy) is 1. The Hall–Kier alpha value is -3.24. The number of carbonyl (C=O) groups is 1. The van der Waals surface area contributed by atoms with Crippen LogP contribution in [0.5, 0.6) is 5.75 Å². The molecule has 4 aromatic carbocycles. The van der Waals surface area contributed by atoms with E-state index >= 15 is 0 Å². The summed E-state index contributed by atoms with van der Waals surface area (Å²) in [7, 11) is 0. The SMILES string of the molecule is O=C(c1cccc2ccccc12)N1CCSC1c1cccc(OCc2ccccc2)c1. The fourth-order valence-corrected chi connectivity index (χ4v) is 5.27. The third-order valence-corrected chi connectivity index (χ3v) is 6.82. The Morgan fingerprint density at radius 1 is 0.903 bits per heavy atom. The number of hydrogen-bond acceptors (Lipinski definition) is 3. The number of rotatable bonds is 5. The molecule has 4 heteroatoms. The lowest BCUT2D eigenvalue weighted by Gasteiger charge is -2.25. The van der Waals surface area contributed by atoms with E-state index < -0.39 is 0 Å². The molecule has 1 atom stereocenters. The number of nitrogens with zero attached hydrogens (tertiary/aromatic N) is 1. The van der Waals surface area contributed by atoms with E-state index in [0.717, 1.165) is 45.5 Å². The maximum absolute atomic E-state index is 13.5. The Kier molecular flexibility index (Phi) is 5.63. The normalized spacial score (nSPS) is 15.9. The van der Waals surface area contributed by atoms with Crippen molar-refractivity contribution in [2.24, 2.45) is 0 Å². The van der Waals surface area contributed by atoms with Crippen LogP contribution in [0.3, 0.4) is 0 Å². The van der Waals surface area contributed by atoms with Crippen molar-refractivity contribution in [1.82, 2.24) is 4.90 Å². The second kappa shape index (κ2) is 8.86. The largest absolute Gasteiger partial charge is 0.489 e. The maximum Gasteiger partial charge on any atom is 0.255 e. The highest BCUT2D eigenvalue weighted by atomic mass is 32.2. The van der Waals surface area contributed by atoms with Crippen LogP contribution in [0.2, 0.25) is 0 Å². The molecule has 0 spiro atoms. The standard InChI is InChI=1S/C27H23NO2S/c29-26(25-15-7-11-21-10-4-5-14-24(21)25)28-16-17-31-27(28)22-12-6-13-23(18-22)30-19-20-8-2-1-3-9-20/h1-15,18,27H,16-17,19H2. The van der Waals surface area contributed by atoms with Crippen molar-refractivity contribution in [3.8, 4) is 5.75 Å². The Bertz CT molecular complexity index is 1200. The average molecular weight is 426 g/mol. The molecule has 0 saturated carbocycles. The number of carbonyl (C=O) groups excluding carboxylic acids is 1. The van der Waals surface area contributed by atoms with Crippen LogP contribution in [0, 0.1) is 0 Å². The van der Waals surface area contributed by atoms with Gasteiger partial charge in [-0.3, -0.25) is 4.79 Å². The molecule has 0 aromatic heterocycles. The van der Waals surface area contributed by atoms with Gasteiger partial charge in [-0.25, -0.2) is 0 Å². The van der Waals surface area contributed by atoms with Gasteiger partial charge in [-0.15, -0.1) is 11.8 Å². The van der Waals surface area contributed by atoms with Gasteiger partial charge in [0.2, 0.25) is 0 Å². The van der Waals surface area contributed by atoms with Gasteiger partial charge >= 0.3 is 0 Å². The summed E-state index contributed by atoms with van der Waals surface area (Å²) >= 11 is 1.80. The monoisotopic (exact) mass is 425 g/mol. The zero-order valence-corrected chi connectivity index (χ0v) is 17.9. The van der Waals surface area contributed by atoms with E-state index in [0.29, 0.717) is 6.61 Å². The molecule has 4 aromatic rings. The van der Waals surface area contributed by atoms with Crippen molar-refractivity contribution in [2.75, 3.05) is 12.3 Å². The van der Waals surface area contributed by atoms with Crippen LogP contribution in [0.25, 0.3) is 10.8 Å². The Morgan fingerprint density at radius 3 is 2.58 bits per heavy atom. The lowest BCUT2D eigenvalue weighted by atomic mass is 10.0. The lowest BCUT2D eigenvalue weighted by molar-refractivity contribution is 0.0762. The Morgan fingerprint density at radius 2 is 1.68 bits per heavy atom. The number of thioether (sulfide) groups is 1. The molecule has 0 bridgehead atoms. The first-order valence-electron chi connectivity index (χ1n) is 10.5. The van der Waals surface area contributed by atoms with Crippen LogP contribution in [-0.4, -0.2) is 23.1 Å². The molecule has 1 aliphatic heterocycles. The van der Waals surface area contributed by atoms with E-state index in [-0.39, 0.29) is 11.3 Å². The van der Waals surface area contributed by atoms with E-state index in [1.165, 1.54) is 0 Å². The van der Waals surface area contributed by atoms with Crippen LogP contribution in [0.1, 0.15) is 26.9 Å². The van der Waals surface area contributed by atoms with E-state index in [1.54, 1.807) is 11.8 Å². The van der Waals surface area contributed by atoms with Crippen molar-refractivity contribution < 1.29 is 9.53 Å². The molecule has 31 heavy (non-hydrogen) atoms. The lowest BCUT2D eigenvalue weighted by Crippen LogP contribution is -2.30. The average Bonchev–Trinajstić information content (AvgIpc) is 3.33. The third-order valence-electron chi connectivity index (χ3n) is 5.56. The minimum absolute atomic E-state index is 0.00764. The first kappa shape index (κ1) is 19.7. The van der Waals surface area contributed by atoms with E-state index in [2.05, 4.69) is 36.4 Å². The topological polar surface area (TPSA) is 29.5 Å². The fraction of sp³-hybridized carbons (Fsp3) is 0.148. The zero-order chi connectivity index (χ0) is 21.0. The second-order valence-corrected chi connectivity index (χ2v) is 8.78. The molecule has 1 aliphatic rings. The molecule has 3 nitrogen and oxygen atoms in total. The number of benzene rings is 4.